The van der Waals surface area contributed by atoms with E-state index in [-0.39, 0.29) is 5.91 Å². The summed E-state index contributed by atoms with van der Waals surface area (Å²) in [5.74, 6) is 1.48. The number of benzene rings is 1. The number of rotatable bonds is 4. The predicted molar refractivity (Wildman–Crippen MR) is 110 cm³/mol. The molecule has 1 fully saturated rings. The van der Waals surface area contributed by atoms with Gasteiger partial charge in [0.25, 0.3) is 5.91 Å². The van der Waals surface area contributed by atoms with E-state index in [9.17, 15) is 4.79 Å². The Morgan fingerprint density at radius 2 is 1.96 bits per heavy atom. The van der Waals surface area contributed by atoms with Gasteiger partial charge in [-0.1, -0.05) is 12.5 Å². The highest BCUT2D eigenvalue weighted by Gasteiger charge is 2.26. The first kappa shape index (κ1) is 17.7. The van der Waals surface area contributed by atoms with Crippen molar-refractivity contribution in [2.45, 2.75) is 51.4 Å². The van der Waals surface area contributed by atoms with Gasteiger partial charge in [0, 0.05) is 30.3 Å². The second-order valence-electron chi connectivity index (χ2n) is 8.17. The molecule has 28 heavy (non-hydrogen) atoms. The Labute approximate surface area is 165 Å². The van der Waals surface area contributed by atoms with Gasteiger partial charge in [-0.15, -0.1) is 0 Å². The molecule has 3 heterocycles. The SMILES string of the molecule is O=C1Nc2ccc(CCN3CCCCC3)cc2C1=Cc1nc2c(o1)CCCC2. The van der Waals surface area contributed by atoms with Gasteiger partial charge in [-0.05, 0) is 69.3 Å². The molecule has 1 aromatic carbocycles. The first-order chi connectivity index (χ1) is 13.8. The number of nitrogens with one attached hydrogen (secondary N) is 1. The first-order valence-electron chi connectivity index (χ1n) is 10.6. The number of hydrogen-bond acceptors (Lipinski definition) is 4. The zero-order chi connectivity index (χ0) is 18.9. The maximum Gasteiger partial charge on any atom is 0.256 e. The van der Waals surface area contributed by atoms with E-state index in [1.165, 1.54) is 44.3 Å². The highest BCUT2D eigenvalue weighted by Crippen LogP contribution is 2.34. The van der Waals surface area contributed by atoms with Crippen LogP contribution in [0.3, 0.4) is 0 Å². The highest BCUT2D eigenvalue weighted by atomic mass is 16.4. The Bertz CT molecular complexity index is 898. The van der Waals surface area contributed by atoms with E-state index in [0.717, 1.165) is 54.9 Å². The first-order valence-corrected chi connectivity index (χ1v) is 10.6. The molecule has 0 bridgehead atoms. The van der Waals surface area contributed by atoms with E-state index >= 15 is 0 Å². The van der Waals surface area contributed by atoms with Gasteiger partial charge in [0.1, 0.15) is 5.76 Å². The summed E-state index contributed by atoms with van der Waals surface area (Å²) in [6.07, 6.45) is 11.1. The van der Waals surface area contributed by atoms with Crippen LogP contribution in [0.25, 0.3) is 11.6 Å². The summed E-state index contributed by atoms with van der Waals surface area (Å²) in [5.41, 5.74) is 4.85. The molecule has 1 saturated heterocycles. The van der Waals surface area contributed by atoms with Gasteiger partial charge in [0.2, 0.25) is 5.89 Å². The number of anilines is 1. The zero-order valence-electron chi connectivity index (χ0n) is 16.3. The largest absolute Gasteiger partial charge is 0.441 e. The Kier molecular flexibility index (Phi) is 4.77. The Hall–Kier alpha value is -2.40. The minimum absolute atomic E-state index is 0.0700. The van der Waals surface area contributed by atoms with Crippen molar-refractivity contribution in [1.82, 2.24) is 9.88 Å². The van der Waals surface area contributed by atoms with E-state index in [0.29, 0.717) is 11.5 Å². The fourth-order valence-corrected chi connectivity index (χ4v) is 4.56. The van der Waals surface area contributed by atoms with Gasteiger partial charge >= 0.3 is 0 Å². The van der Waals surface area contributed by atoms with Crippen molar-refractivity contribution in [3.05, 3.63) is 46.7 Å². The van der Waals surface area contributed by atoms with Crippen LogP contribution >= 0.6 is 0 Å². The third-order valence-corrected chi connectivity index (χ3v) is 6.16. The van der Waals surface area contributed by atoms with E-state index in [4.69, 9.17) is 4.42 Å². The highest BCUT2D eigenvalue weighted by molar-refractivity contribution is 6.34. The molecule has 0 atom stereocenters. The van der Waals surface area contributed by atoms with Crippen LogP contribution in [0, 0.1) is 0 Å². The number of amides is 1. The molecule has 1 N–H and O–H groups in total. The quantitative estimate of drug-likeness (QED) is 0.816. The van der Waals surface area contributed by atoms with Crippen LogP contribution in [-0.2, 0) is 24.1 Å². The Balaban J connectivity index is 1.37. The number of fused-ring (bicyclic) bond motifs is 2. The number of piperidine rings is 1. The van der Waals surface area contributed by atoms with E-state index in [2.05, 4.69) is 27.3 Å². The van der Waals surface area contributed by atoms with Crippen LogP contribution < -0.4 is 5.32 Å². The minimum atomic E-state index is -0.0700. The molecular weight excluding hydrogens is 350 g/mol. The number of aryl methyl sites for hydroxylation is 2. The molecule has 0 radical (unpaired) electrons. The lowest BCUT2D eigenvalue weighted by Gasteiger charge is -2.26. The summed E-state index contributed by atoms with van der Waals surface area (Å²) in [5, 5.41) is 2.98. The Morgan fingerprint density at radius 1 is 1.11 bits per heavy atom. The number of oxazole rings is 1. The van der Waals surface area contributed by atoms with Crippen LogP contribution in [0.5, 0.6) is 0 Å². The van der Waals surface area contributed by atoms with Crippen LogP contribution in [0.15, 0.2) is 22.6 Å². The fraction of sp³-hybridized carbons (Fsp3) is 0.478. The van der Waals surface area contributed by atoms with Crippen molar-refractivity contribution in [2.75, 3.05) is 25.0 Å². The second kappa shape index (κ2) is 7.55. The average molecular weight is 377 g/mol. The lowest BCUT2D eigenvalue weighted by molar-refractivity contribution is -0.110. The molecule has 2 aliphatic heterocycles. The number of aromatic nitrogens is 1. The molecule has 1 amide bonds. The topological polar surface area (TPSA) is 58.4 Å². The molecule has 2 aromatic rings. The van der Waals surface area contributed by atoms with Crippen molar-refractivity contribution >= 4 is 23.2 Å². The number of carbonyl (C=O) groups excluding carboxylic acids is 1. The van der Waals surface area contributed by atoms with Gasteiger partial charge < -0.3 is 14.6 Å². The molecule has 5 nitrogen and oxygen atoms in total. The summed E-state index contributed by atoms with van der Waals surface area (Å²) >= 11 is 0. The van der Waals surface area contributed by atoms with Crippen molar-refractivity contribution in [2.24, 2.45) is 0 Å². The number of likely N-dealkylation sites (tertiary alicyclic amines) is 1. The zero-order valence-corrected chi connectivity index (χ0v) is 16.3. The lowest BCUT2D eigenvalue weighted by Crippen LogP contribution is -2.31. The van der Waals surface area contributed by atoms with Gasteiger partial charge in [0.05, 0.1) is 11.3 Å². The van der Waals surface area contributed by atoms with E-state index < -0.39 is 0 Å². The number of carbonyl (C=O) groups is 1. The monoisotopic (exact) mass is 377 g/mol. The van der Waals surface area contributed by atoms with E-state index in [1.54, 1.807) is 0 Å². The van der Waals surface area contributed by atoms with Crippen molar-refractivity contribution < 1.29 is 9.21 Å². The van der Waals surface area contributed by atoms with Crippen molar-refractivity contribution in [3.8, 4) is 0 Å². The third kappa shape index (κ3) is 3.51. The van der Waals surface area contributed by atoms with Gasteiger partial charge in [0.15, 0.2) is 0 Å². The van der Waals surface area contributed by atoms with E-state index in [1.807, 2.05) is 12.1 Å². The fourth-order valence-electron chi connectivity index (χ4n) is 4.56. The summed E-state index contributed by atoms with van der Waals surface area (Å²) < 4.78 is 5.91. The van der Waals surface area contributed by atoms with Crippen LogP contribution in [0.2, 0.25) is 0 Å². The van der Waals surface area contributed by atoms with Gasteiger partial charge in [-0.3, -0.25) is 4.79 Å². The van der Waals surface area contributed by atoms with Crippen LogP contribution in [0.4, 0.5) is 5.69 Å². The maximum atomic E-state index is 12.5. The third-order valence-electron chi connectivity index (χ3n) is 6.16. The van der Waals surface area contributed by atoms with Crippen molar-refractivity contribution in [1.29, 1.82) is 0 Å². The molecule has 0 saturated carbocycles. The predicted octanol–water partition coefficient (Wildman–Crippen LogP) is 4.07. The molecule has 0 unspecified atom stereocenters. The molecule has 1 aliphatic carbocycles. The maximum absolute atomic E-state index is 12.5. The molecule has 146 valence electrons. The van der Waals surface area contributed by atoms with Gasteiger partial charge in [-0.25, -0.2) is 4.98 Å². The summed E-state index contributed by atoms with van der Waals surface area (Å²) in [4.78, 5) is 19.7. The normalized spacial score (nSPS) is 20.9. The number of nitrogens with zero attached hydrogens (tertiary/aromatic N) is 2. The molecule has 0 spiro atoms. The molecule has 3 aliphatic rings. The summed E-state index contributed by atoms with van der Waals surface area (Å²) in [6, 6.07) is 6.32. The Morgan fingerprint density at radius 3 is 2.82 bits per heavy atom. The van der Waals surface area contributed by atoms with Crippen LogP contribution in [0.1, 0.15) is 60.6 Å². The molecule has 5 rings (SSSR count). The summed E-state index contributed by atoms with van der Waals surface area (Å²) in [6.45, 7) is 3.52. The molecule has 5 heteroatoms. The lowest BCUT2D eigenvalue weighted by atomic mass is 10.0. The number of hydrogen-bond donors (Lipinski definition) is 1. The standard InChI is InChI=1S/C23H27N3O2/c27-23-18(15-22-24-20-6-2-3-7-21(20)28-22)17-14-16(8-9-19(17)25-23)10-13-26-11-4-1-5-12-26/h8-9,14-15H,1-7,10-13H2,(H,25,27). The second-order valence-corrected chi connectivity index (χ2v) is 8.17. The minimum Gasteiger partial charge on any atom is -0.441 e. The van der Waals surface area contributed by atoms with Gasteiger partial charge in [-0.2, -0.15) is 0 Å². The average Bonchev–Trinajstić information content (AvgIpc) is 3.27. The smallest absolute Gasteiger partial charge is 0.256 e. The summed E-state index contributed by atoms with van der Waals surface area (Å²) in [7, 11) is 0. The molecular formula is C23H27N3O2. The van der Waals surface area contributed by atoms with Crippen LogP contribution in [-0.4, -0.2) is 35.4 Å². The van der Waals surface area contributed by atoms with Crippen molar-refractivity contribution in [3.63, 3.8) is 0 Å². The molecule has 1 aromatic heterocycles.